The Hall–Kier alpha value is -3.56. The zero-order valence-corrected chi connectivity index (χ0v) is 18.7. The van der Waals surface area contributed by atoms with Gasteiger partial charge >= 0.3 is 0 Å². The first-order valence-corrected chi connectivity index (χ1v) is 10.8. The van der Waals surface area contributed by atoms with Crippen molar-refractivity contribution in [2.24, 2.45) is 0 Å². The molecule has 11 heteroatoms. The molecule has 3 aromatic heterocycles. The summed E-state index contributed by atoms with van der Waals surface area (Å²) < 4.78 is 15.6. The number of para-hydroxylation sites is 1. The maximum Gasteiger partial charge on any atom is 0.267 e. The quantitative estimate of drug-likeness (QED) is 0.362. The van der Waals surface area contributed by atoms with E-state index in [0.717, 1.165) is 0 Å². The number of aromatic amines is 1. The maximum absolute atomic E-state index is 14.2. The lowest BCUT2D eigenvalue weighted by molar-refractivity contribution is 0.628. The summed E-state index contributed by atoms with van der Waals surface area (Å²) in [5.74, 6) is 0.145. The number of halogens is 3. The van der Waals surface area contributed by atoms with Crippen LogP contribution in [0, 0.1) is 5.82 Å². The summed E-state index contributed by atoms with van der Waals surface area (Å²) in [6.07, 6.45) is 3.47. The van der Waals surface area contributed by atoms with Crippen LogP contribution in [0.3, 0.4) is 0 Å². The molecule has 2 aromatic carbocycles. The Morgan fingerprint density at radius 2 is 1.97 bits per heavy atom. The first-order chi connectivity index (χ1) is 16.0. The molecule has 0 radical (unpaired) electrons. The molecule has 2 N–H and O–H groups in total. The predicted molar refractivity (Wildman–Crippen MR) is 126 cm³/mol. The second-order valence-corrected chi connectivity index (χ2v) is 8.03. The van der Waals surface area contributed by atoms with Crippen LogP contribution in [0.1, 0.15) is 25.2 Å². The van der Waals surface area contributed by atoms with Gasteiger partial charge in [0.05, 0.1) is 39.0 Å². The highest BCUT2D eigenvalue weighted by molar-refractivity contribution is 6.35. The minimum Gasteiger partial charge on any atom is -0.358 e. The summed E-state index contributed by atoms with van der Waals surface area (Å²) in [5.41, 5.74) is 1.27. The first-order valence-electron chi connectivity index (χ1n) is 10.1. The van der Waals surface area contributed by atoms with Gasteiger partial charge in [0.15, 0.2) is 11.5 Å². The summed E-state index contributed by atoms with van der Waals surface area (Å²) >= 11 is 12.6. The number of hydrogen-bond donors (Lipinski definition) is 2. The number of H-pyrrole nitrogens is 1. The molecule has 166 valence electrons. The van der Waals surface area contributed by atoms with Crippen LogP contribution in [0.15, 0.2) is 53.8 Å². The fraction of sp³-hybridized carbons (Fsp3) is 0.136. The largest absolute Gasteiger partial charge is 0.358 e. The van der Waals surface area contributed by atoms with Crippen LogP contribution in [0.2, 0.25) is 10.0 Å². The van der Waals surface area contributed by atoms with Crippen LogP contribution >= 0.6 is 23.2 Å². The van der Waals surface area contributed by atoms with Crippen LogP contribution < -0.4 is 10.9 Å². The monoisotopic (exact) mass is 483 g/mol. The average Bonchev–Trinajstić information content (AvgIpc) is 3.30. The topological polar surface area (TPSA) is 101 Å². The van der Waals surface area contributed by atoms with Crippen molar-refractivity contribution >= 4 is 51.1 Å². The molecule has 1 atom stereocenters. The van der Waals surface area contributed by atoms with Crippen molar-refractivity contribution in [1.29, 1.82) is 0 Å². The van der Waals surface area contributed by atoms with Gasteiger partial charge in [0.25, 0.3) is 5.56 Å². The lowest BCUT2D eigenvalue weighted by Crippen LogP contribution is -2.29. The minimum absolute atomic E-state index is 0.0214. The summed E-state index contributed by atoms with van der Waals surface area (Å²) in [4.78, 5) is 34.0. The number of aromatic nitrogens is 6. The average molecular weight is 484 g/mol. The number of benzene rings is 2. The van der Waals surface area contributed by atoms with Crippen molar-refractivity contribution in [2.45, 2.75) is 19.4 Å². The molecule has 0 saturated carbocycles. The molecular formula is C22H16Cl2FN7O. The Labute approximate surface area is 196 Å². The van der Waals surface area contributed by atoms with Gasteiger partial charge in [0, 0.05) is 0 Å². The van der Waals surface area contributed by atoms with E-state index in [1.54, 1.807) is 24.3 Å². The third-order valence-electron chi connectivity index (χ3n) is 5.30. The standard InChI is InChI=1S/C22H16Cl2FN7O/c1-2-13(30-20-18-19(27-9-26-18)28-10-29-20)21-31-14-8-7-12(25)17(24)16(14)22(33)32(21)15-6-4-3-5-11(15)23/h3-10,13H,2H2,1H3,(H2,26,27,28,29,30). The van der Waals surface area contributed by atoms with Crippen molar-refractivity contribution in [3.8, 4) is 5.69 Å². The van der Waals surface area contributed by atoms with E-state index < -0.39 is 17.4 Å². The lowest BCUT2D eigenvalue weighted by atomic mass is 10.1. The maximum atomic E-state index is 14.2. The second kappa shape index (κ2) is 8.42. The Morgan fingerprint density at radius 3 is 2.76 bits per heavy atom. The number of hydrogen-bond acceptors (Lipinski definition) is 6. The van der Waals surface area contributed by atoms with Crippen LogP contribution in [0.4, 0.5) is 10.2 Å². The highest BCUT2D eigenvalue weighted by Crippen LogP contribution is 2.30. The van der Waals surface area contributed by atoms with Crippen LogP contribution in [0.25, 0.3) is 27.8 Å². The van der Waals surface area contributed by atoms with Gasteiger partial charge in [-0.15, -0.1) is 0 Å². The zero-order chi connectivity index (χ0) is 23.1. The number of nitrogens with one attached hydrogen (secondary N) is 2. The fourth-order valence-corrected chi connectivity index (χ4v) is 4.17. The number of nitrogens with zero attached hydrogens (tertiary/aromatic N) is 5. The molecule has 0 amide bonds. The van der Waals surface area contributed by atoms with Crippen LogP contribution in [-0.2, 0) is 0 Å². The Kier molecular flexibility index (Phi) is 5.43. The van der Waals surface area contributed by atoms with Crippen molar-refractivity contribution in [2.75, 3.05) is 5.32 Å². The molecule has 0 saturated heterocycles. The summed E-state index contributed by atoms with van der Waals surface area (Å²) in [6, 6.07) is 9.00. The van der Waals surface area contributed by atoms with E-state index >= 15 is 0 Å². The molecule has 0 aliphatic heterocycles. The lowest BCUT2D eigenvalue weighted by Gasteiger charge is -2.22. The fourth-order valence-electron chi connectivity index (χ4n) is 3.71. The van der Waals surface area contributed by atoms with E-state index in [2.05, 4.69) is 25.3 Å². The van der Waals surface area contributed by atoms with Gasteiger partial charge in [-0.2, -0.15) is 0 Å². The van der Waals surface area contributed by atoms with Crippen molar-refractivity contribution in [3.05, 3.63) is 81.1 Å². The molecule has 0 aliphatic rings. The Bertz CT molecular complexity index is 1570. The highest BCUT2D eigenvalue weighted by Gasteiger charge is 2.24. The molecule has 0 fully saturated rings. The molecule has 5 aromatic rings. The van der Waals surface area contributed by atoms with E-state index in [1.165, 1.54) is 29.4 Å². The molecule has 0 spiro atoms. The van der Waals surface area contributed by atoms with Gasteiger partial charge in [0.1, 0.15) is 23.5 Å². The summed E-state index contributed by atoms with van der Waals surface area (Å²) in [6.45, 7) is 1.94. The van der Waals surface area contributed by atoms with Gasteiger partial charge in [-0.05, 0) is 30.7 Å². The van der Waals surface area contributed by atoms with Crippen LogP contribution in [0.5, 0.6) is 0 Å². The summed E-state index contributed by atoms with van der Waals surface area (Å²) in [5, 5.41) is 3.34. The molecule has 8 nitrogen and oxygen atoms in total. The zero-order valence-electron chi connectivity index (χ0n) is 17.2. The Balaban J connectivity index is 1.78. The van der Waals surface area contributed by atoms with Gasteiger partial charge in [-0.1, -0.05) is 42.3 Å². The van der Waals surface area contributed by atoms with Crippen molar-refractivity contribution in [1.82, 2.24) is 29.5 Å². The van der Waals surface area contributed by atoms with E-state index in [9.17, 15) is 9.18 Å². The molecule has 0 bridgehead atoms. The van der Waals surface area contributed by atoms with E-state index in [0.29, 0.717) is 39.9 Å². The number of anilines is 1. The number of rotatable bonds is 5. The highest BCUT2D eigenvalue weighted by atomic mass is 35.5. The Morgan fingerprint density at radius 1 is 1.15 bits per heavy atom. The van der Waals surface area contributed by atoms with Crippen molar-refractivity contribution in [3.63, 3.8) is 0 Å². The first kappa shape index (κ1) is 21.3. The number of imidazole rings is 1. The summed E-state index contributed by atoms with van der Waals surface area (Å²) in [7, 11) is 0. The number of fused-ring (bicyclic) bond motifs is 2. The molecule has 1 unspecified atom stereocenters. The third kappa shape index (κ3) is 3.59. The predicted octanol–water partition coefficient (Wildman–Crippen LogP) is 5.06. The molecule has 0 aliphatic carbocycles. The molecule has 3 heterocycles. The normalized spacial score (nSPS) is 12.4. The SMILES string of the molecule is CCC(Nc1ncnc2[nH]cnc12)c1nc2ccc(F)c(Cl)c2c(=O)n1-c1ccccc1Cl. The molecule has 33 heavy (non-hydrogen) atoms. The van der Waals surface area contributed by atoms with E-state index in [-0.39, 0.29) is 15.9 Å². The van der Waals surface area contributed by atoms with Gasteiger partial charge in [-0.25, -0.2) is 24.3 Å². The van der Waals surface area contributed by atoms with Gasteiger partial charge in [0.2, 0.25) is 0 Å². The molecular weight excluding hydrogens is 468 g/mol. The van der Waals surface area contributed by atoms with E-state index in [1.807, 2.05) is 6.92 Å². The van der Waals surface area contributed by atoms with Gasteiger partial charge in [-0.3, -0.25) is 9.36 Å². The smallest absolute Gasteiger partial charge is 0.267 e. The van der Waals surface area contributed by atoms with Crippen molar-refractivity contribution < 1.29 is 4.39 Å². The van der Waals surface area contributed by atoms with E-state index in [4.69, 9.17) is 28.2 Å². The second-order valence-electron chi connectivity index (χ2n) is 7.24. The van der Waals surface area contributed by atoms with Crippen LogP contribution in [-0.4, -0.2) is 29.5 Å². The molecule has 5 rings (SSSR count). The third-order valence-corrected chi connectivity index (χ3v) is 5.98. The van der Waals surface area contributed by atoms with Gasteiger partial charge < -0.3 is 10.3 Å². The minimum atomic E-state index is -0.700.